The first-order valence-electron chi connectivity index (χ1n) is 9.12. The molecule has 0 aliphatic carbocycles. The van der Waals surface area contributed by atoms with Crippen LogP contribution in [0.1, 0.15) is 26.4 Å². The van der Waals surface area contributed by atoms with Crippen LogP contribution in [0.15, 0.2) is 72.4 Å². The van der Waals surface area contributed by atoms with Crippen LogP contribution in [0.4, 0.5) is 5.69 Å². The molecule has 2 N–H and O–H groups in total. The first-order valence-corrected chi connectivity index (χ1v) is 9.12. The second-order valence-electron chi connectivity index (χ2n) is 6.79. The van der Waals surface area contributed by atoms with Crippen molar-refractivity contribution in [3.63, 3.8) is 0 Å². The van der Waals surface area contributed by atoms with Gasteiger partial charge >= 0.3 is 0 Å². The Labute approximate surface area is 170 Å². The molecule has 146 valence electrons. The van der Waals surface area contributed by atoms with Crippen LogP contribution in [0.3, 0.4) is 0 Å². The molecule has 8 heteroatoms. The Kier molecular flexibility index (Phi) is 3.85. The molecule has 30 heavy (non-hydrogen) atoms. The lowest BCUT2D eigenvalue weighted by atomic mass is 10.1. The highest BCUT2D eigenvalue weighted by Crippen LogP contribution is 2.24. The number of aromatic nitrogens is 1. The lowest BCUT2D eigenvalue weighted by Gasteiger charge is -2.13. The van der Waals surface area contributed by atoms with E-state index in [1.54, 1.807) is 65.4 Å². The van der Waals surface area contributed by atoms with E-state index in [2.05, 4.69) is 10.7 Å². The first kappa shape index (κ1) is 17.6. The van der Waals surface area contributed by atoms with Crippen molar-refractivity contribution in [1.29, 1.82) is 0 Å². The summed E-state index contributed by atoms with van der Waals surface area (Å²) in [4.78, 5) is 48.9. The van der Waals surface area contributed by atoms with Crippen LogP contribution in [0.25, 0.3) is 11.8 Å². The smallest absolute Gasteiger partial charge is 0.282 e. The maximum atomic E-state index is 12.8. The van der Waals surface area contributed by atoms with Gasteiger partial charge in [0.15, 0.2) is 0 Å². The zero-order valence-corrected chi connectivity index (χ0v) is 15.5. The van der Waals surface area contributed by atoms with Crippen molar-refractivity contribution in [2.75, 3.05) is 5.01 Å². The number of nitrogens with zero attached hydrogens (tertiary/aromatic N) is 2. The van der Waals surface area contributed by atoms with E-state index in [0.29, 0.717) is 22.6 Å². The largest absolute Gasteiger partial charge is 0.317 e. The number of anilines is 1. The van der Waals surface area contributed by atoms with E-state index in [4.69, 9.17) is 0 Å². The quantitative estimate of drug-likeness (QED) is 0.399. The normalized spacial score (nSPS) is 16.8. The number of hydrazine groups is 1. The molecular formula is C22H14N4O4. The highest BCUT2D eigenvalue weighted by Gasteiger charge is 2.34. The zero-order valence-electron chi connectivity index (χ0n) is 15.5. The average molecular weight is 398 g/mol. The molecule has 5 rings (SSSR count). The number of fused-ring (bicyclic) bond motifs is 1. The third-order valence-corrected chi connectivity index (χ3v) is 4.98. The van der Waals surface area contributed by atoms with Crippen molar-refractivity contribution in [2.45, 2.75) is 0 Å². The van der Waals surface area contributed by atoms with E-state index in [1.807, 2.05) is 6.07 Å². The molecule has 2 aliphatic heterocycles. The van der Waals surface area contributed by atoms with Gasteiger partial charge in [0.05, 0.1) is 16.8 Å². The molecule has 0 bridgehead atoms. The Morgan fingerprint density at radius 1 is 0.733 bits per heavy atom. The van der Waals surface area contributed by atoms with Crippen molar-refractivity contribution < 1.29 is 19.2 Å². The fraction of sp³-hybridized carbons (Fsp3) is 0. The molecule has 2 aromatic carbocycles. The second kappa shape index (κ2) is 6.56. The van der Waals surface area contributed by atoms with Crippen LogP contribution in [-0.4, -0.2) is 28.2 Å². The molecule has 0 spiro atoms. The fourth-order valence-corrected chi connectivity index (χ4v) is 3.52. The average Bonchev–Trinajstić information content (AvgIpc) is 3.41. The maximum Gasteiger partial charge on any atom is 0.282 e. The highest BCUT2D eigenvalue weighted by atomic mass is 16.2. The lowest BCUT2D eigenvalue weighted by Crippen LogP contribution is -2.35. The summed E-state index contributed by atoms with van der Waals surface area (Å²) in [5.74, 6) is -1.84. The summed E-state index contributed by atoms with van der Waals surface area (Å²) in [5.41, 5.74) is 4.92. The van der Waals surface area contributed by atoms with Gasteiger partial charge in [-0.25, -0.2) is 5.01 Å². The van der Waals surface area contributed by atoms with Gasteiger partial charge in [-0.05, 0) is 48.5 Å². The Morgan fingerprint density at radius 2 is 1.50 bits per heavy atom. The van der Waals surface area contributed by atoms with E-state index < -0.39 is 23.6 Å². The minimum absolute atomic E-state index is 0.00659. The molecule has 4 amide bonds. The van der Waals surface area contributed by atoms with Gasteiger partial charge in [0.2, 0.25) is 0 Å². The summed E-state index contributed by atoms with van der Waals surface area (Å²) in [5, 5.41) is 3.46. The fourth-order valence-electron chi connectivity index (χ4n) is 3.52. The second-order valence-corrected chi connectivity index (χ2v) is 6.79. The number of amides is 4. The van der Waals surface area contributed by atoms with E-state index >= 15 is 0 Å². The van der Waals surface area contributed by atoms with E-state index in [0.717, 1.165) is 0 Å². The van der Waals surface area contributed by atoms with Crippen LogP contribution in [0.5, 0.6) is 0 Å². The van der Waals surface area contributed by atoms with E-state index in [-0.39, 0.29) is 11.1 Å². The van der Waals surface area contributed by atoms with Gasteiger partial charge in [0, 0.05) is 17.6 Å². The van der Waals surface area contributed by atoms with Crippen LogP contribution < -0.4 is 15.8 Å². The van der Waals surface area contributed by atoms with Gasteiger partial charge in [-0.15, -0.1) is 0 Å². The zero-order chi connectivity index (χ0) is 20.8. The standard InChI is InChI=1S/C22H14N4O4/c27-19-16-9-8-15(11-17(16)20(28)23-19)25-10-4-7-14(25)12-18-21(29)24-26(22(18)30)13-5-2-1-3-6-13/h1-12H,(H,24,29)(H,23,27,28)/b18-12+. The number of hydrogen-bond donors (Lipinski definition) is 2. The Balaban J connectivity index is 1.52. The van der Waals surface area contributed by atoms with Crippen molar-refractivity contribution in [1.82, 2.24) is 15.3 Å². The van der Waals surface area contributed by atoms with Crippen LogP contribution in [0.2, 0.25) is 0 Å². The third-order valence-electron chi connectivity index (χ3n) is 4.98. The molecule has 0 saturated carbocycles. The van der Waals surface area contributed by atoms with Gasteiger partial charge < -0.3 is 4.57 Å². The predicted molar refractivity (Wildman–Crippen MR) is 108 cm³/mol. The van der Waals surface area contributed by atoms with Crippen molar-refractivity contribution in [3.8, 4) is 5.69 Å². The molecule has 1 fully saturated rings. The Hall–Kier alpha value is -4.46. The van der Waals surface area contributed by atoms with Crippen LogP contribution in [0, 0.1) is 0 Å². The molecule has 8 nitrogen and oxygen atoms in total. The Morgan fingerprint density at radius 3 is 2.30 bits per heavy atom. The topological polar surface area (TPSA) is 101 Å². The van der Waals surface area contributed by atoms with Gasteiger partial charge in [-0.2, -0.15) is 0 Å². The molecule has 1 saturated heterocycles. The predicted octanol–water partition coefficient (Wildman–Crippen LogP) is 1.82. The molecule has 0 radical (unpaired) electrons. The summed E-state index contributed by atoms with van der Waals surface area (Å²) in [6, 6.07) is 17.2. The molecule has 0 atom stereocenters. The number of hydrogen-bond acceptors (Lipinski definition) is 4. The van der Waals surface area contributed by atoms with Gasteiger partial charge in [0.1, 0.15) is 5.57 Å². The minimum Gasteiger partial charge on any atom is -0.317 e. The van der Waals surface area contributed by atoms with Crippen LogP contribution in [-0.2, 0) is 9.59 Å². The number of para-hydroxylation sites is 1. The van der Waals surface area contributed by atoms with Crippen molar-refractivity contribution in [3.05, 3.63) is 89.3 Å². The van der Waals surface area contributed by atoms with E-state index in [1.165, 1.54) is 11.1 Å². The van der Waals surface area contributed by atoms with E-state index in [9.17, 15) is 19.2 Å². The van der Waals surface area contributed by atoms with Crippen molar-refractivity contribution in [2.24, 2.45) is 0 Å². The minimum atomic E-state index is -0.504. The summed E-state index contributed by atoms with van der Waals surface area (Å²) in [6.07, 6.45) is 3.24. The molecule has 0 unspecified atom stereocenters. The summed E-state index contributed by atoms with van der Waals surface area (Å²) >= 11 is 0. The SMILES string of the molecule is O=C1NN(c2ccccc2)C(=O)/C1=C/c1cccn1-c1ccc2c(c1)C(=O)NC2=O. The molecule has 1 aromatic heterocycles. The van der Waals surface area contributed by atoms with Crippen molar-refractivity contribution >= 4 is 35.4 Å². The number of carbonyl (C=O) groups excluding carboxylic acids is 4. The third kappa shape index (κ3) is 2.70. The summed E-state index contributed by atoms with van der Waals surface area (Å²) in [7, 11) is 0. The monoisotopic (exact) mass is 398 g/mol. The number of imide groups is 1. The first-order chi connectivity index (χ1) is 14.5. The molecule has 2 aliphatic rings. The lowest BCUT2D eigenvalue weighted by molar-refractivity contribution is -0.117. The highest BCUT2D eigenvalue weighted by molar-refractivity contribution is 6.31. The number of carbonyl (C=O) groups is 4. The molecular weight excluding hydrogens is 384 g/mol. The van der Waals surface area contributed by atoms with Crippen LogP contribution >= 0.6 is 0 Å². The van der Waals surface area contributed by atoms with Gasteiger partial charge in [-0.1, -0.05) is 18.2 Å². The maximum absolute atomic E-state index is 12.8. The molecule has 3 aromatic rings. The summed E-state index contributed by atoms with van der Waals surface area (Å²) < 4.78 is 1.73. The number of benzene rings is 2. The molecule has 3 heterocycles. The number of rotatable bonds is 3. The van der Waals surface area contributed by atoms with Gasteiger partial charge in [-0.3, -0.25) is 29.9 Å². The Bertz CT molecular complexity index is 1270. The number of nitrogens with one attached hydrogen (secondary N) is 2. The van der Waals surface area contributed by atoms with Gasteiger partial charge in [0.25, 0.3) is 23.6 Å². The summed E-state index contributed by atoms with van der Waals surface area (Å²) in [6.45, 7) is 0.